The van der Waals surface area contributed by atoms with Gasteiger partial charge in [-0.3, -0.25) is 19.0 Å². The first-order chi connectivity index (χ1) is 18.8. The van der Waals surface area contributed by atoms with Crippen LogP contribution < -0.4 is 11.3 Å². The number of nitrogens with zero attached hydrogens (tertiary/aromatic N) is 5. The minimum Gasteiger partial charge on any atom is -0.345 e. The van der Waals surface area contributed by atoms with Crippen LogP contribution in [-0.4, -0.2) is 63.0 Å². The number of nitrogens with two attached hydrogens (primary N) is 1. The number of benzene rings is 2. The van der Waals surface area contributed by atoms with E-state index in [2.05, 4.69) is 0 Å². The highest BCUT2D eigenvalue weighted by atomic mass is 16.2. The molecule has 39 heavy (non-hydrogen) atoms. The number of carbonyl (C=O) groups is 2. The molecule has 2 N–H and O–H groups in total. The van der Waals surface area contributed by atoms with Gasteiger partial charge in [-0.05, 0) is 50.1 Å². The first-order valence-corrected chi connectivity index (χ1v) is 13.2. The summed E-state index contributed by atoms with van der Waals surface area (Å²) in [6.45, 7) is 5.03. The van der Waals surface area contributed by atoms with Crippen molar-refractivity contribution in [1.29, 1.82) is 0 Å². The van der Waals surface area contributed by atoms with Crippen molar-refractivity contribution < 1.29 is 9.59 Å². The molecular formula is C30H36N6O3. The van der Waals surface area contributed by atoms with Gasteiger partial charge in [0.15, 0.2) is 5.82 Å². The molecule has 2 aromatic heterocycles. The third-order valence-electron chi connectivity index (χ3n) is 6.84. The largest absolute Gasteiger partial charge is 0.345 e. The van der Waals surface area contributed by atoms with Crippen molar-refractivity contribution in [3.63, 3.8) is 0 Å². The van der Waals surface area contributed by atoms with Crippen molar-refractivity contribution in [3.8, 4) is 0 Å². The Bertz CT molecular complexity index is 1510. The van der Waals surface area contributed by atoms with E-state index in [1.807, 2.05) is 68.4 Å². The third kappa shape index (κ3) is 5.78. The minimum absolute atomic E-state index is 0.146. The summed E-state index contributed by atoms with van der Waals surface area (Å²) >= 11 is 0. The molecule has 2 amide bonds. The fourth-order valence-corrected chi connectivity index (χ4v) is 4.76. The van der Waals surface area contributed by atoms with E-state index < -0.39 is 6.04 Å². The molecule has 9 nitrogen and oxygen atoms in total. The van der Waals surface area contributed by atoms with Crippen LogP contribution in [0.3, 0.4) is 0 Å². The lowest BCUT2D eigenvalue weighted by molar-refractivity contribution is 0.0653. The Hall–Kier alpha value is -4.24. The van der Waals surface area contributed by atoms with E-state index in [1.54, 1.807) is 35.8 Å². The van der Waals surface area contributed by atoms with Gasteiger partial charge in [0.2, 0.25) is 0 Å². The van der Waals surface area contributed by atoms with E-state index in [-0.39, 0.29) is 35.0 Å². The highest BCUT2D eigenvalue weighted by molar-refractivity contribution is 6.00. The van der Waals surface area contributed by atoms with Crippen molar-refractivity contribution in [2.75, 3.05) is 27.2 Å². The Morgan fingerprint density at radius 3 is 2.31 bits per heavy atom. The average Bonchev–Trinajstić information content (AvgIpc) is 3.37. The molecule has 1 unspecified atom stereocenters. The number of hydrogen-bond donors (Lipinski definition) is 1. The summed E-state index contributed by atoms with van der Waals surface area (Å²) in [5.74, 6) is 0.0317. The highest BCUT2D eigenvalue weighted by Gasteiger charge is 2.30. The first-order valence-electron chi connectivity index (χ1n) is 13.2. The molecule has 0 bridgehead atoms. The molecule has 4 aromatic rings. The van der Waals surface area contributed by atoms with Crippen LogP contribution in [0.25, 0.3) is 5.52 Å². The first kappa shape index (κ1) is 27.8. The SMILES string of the molecule is CCC(c1nn2ccc(C(=O)N(C)C)c2c(=O)n1Cc1ccccc1)N(CCCN)C(=O)c1ccc(C)cc1. The zero-order valence-electron chi connectivity index (χ0n) is 23.0. The lowest BCUT2D eigenvalue weighted by Gasteiger charge is -2.32. The number of amides is 2. The van der Waals surface area contributed by atoms with Crippen molar-refractivity contribution in [3.05, 3.63) is 105 Å². The number of aromatic nitrogens is 3. The molecule has 0 radical (unpaired) electrons. The number of rotatable bonds is 10. The smallest absolute Gasteiger partial charge is 0.279 e. The number of fused-ring (bicyclic) bond motifs is 1. The molecule has 2 heterocycles. The van der Waals surface area contributed by atoms with Crippen molar-refractivity contribution in [2.24, 2.45) is 5.73 Å². The molecule has 4 rings (SSSR count). The van der Waals surface area contributed by atoms with Gasteiger partial charge in [-0.25, -0.2) is 4.52 Å². The van der Waals surface area contributed by atoms with Gasteiger partial charge >= 0.3 is 0 Å². The molecule has 0 spiro atoms. The normalized spacial score (nSPS) is 11.9. The van der Waals surface area contributed by atoms with Crippen LogP contribution in [0.5, 0.6) is 0 Å². The topological polar surface area (TPSA) is 106 Å². The minimum atomic E-state index is -0.499. The fourth-order valence-electron chi connectivity index (χ4n) is 4.76. The second kappa shape index (κ2) is 12.1. The Balaban J connectivity index is 1.92. The summed E-state index contributed by atoms with van der Waals surface area (Å²) in [5.41, 5.74) is 8.55. The van der Waals surface area contributed by atoms with Crippen LogP contribution in [0, 0.1) is 6.92 Å². The summed E-state index contributed by atoms with van der Waals surface area (Å²) in [7, 11) is 3.30. The van der Waals surface area contributed by atoms with Gasteiger partial charge in [0, 0.05) is 32.4 Å². The van der Waals surface area contributed by atoms with Gasteiger partial charge < -0.3 is 15.5 Å². The number of hydrogen-bond acceptors (Lipinski definition) is 5. The van der Waals surface area contributed by atoms with E-state index in [1.165, 1.54) is 9.42 Å². The molecule has 9 heteroatoms. The summed E-state index contributed by atoms with van der Waals surface area (Å²) < 4.78 is 3.07. The molecule has 0 aliphatic carbocycles. The van der Waals surface area contributed by atoms with Crippen LogP contribution in [-0.2, 0) is 6.54 Å². The van der Waals surface area contributed by atoms with E-state index in [0.717, 1.165) is 11.1 Å². The summed E-state index contributed by atoms with van der Waals surface area (Å²) in [6.07, 6.45) is 2.76. The quantitative estimate of drug-likeness (QED) is 0.339. The summed E-state index contributed by atoms with van der Waals surface area (Å²) in [5, 5.41) is 4.87. The van der Waals surface area contributed by atoms with Gasteiger partial charge in [-0.15, -0.1) is 0 Å². The second-order valence-electron chi connectivity index (χ2n) is 9.89. The molecule has 0 fully saturated rings. The molecule has 1 atom stereocenters. The Kier molecular flexibility index (Phi) is 8.61. The van der Waals surface area contributed by atoms with E-state index in [0.29, 0.717) is 37.3 Å². The maximum absolute atomic E-state index is 14.1. The zero-order chi connectivity index (χ0) is 28.1. The van der Waals surface area contributed by atoms with Crippen LogP contribution in [0.2, 0.25) is 0 Å². The van der Waals surface area contributed by atoms with Crippen LogP contribution >= 0.6 is 0 Å². The number of carbonyl (C=O) groups excluding carboxylic acids is 2. The van der Waals surface area contributed by atoms with Crippen molar-refractivity contribution in [2.45, 2.75) is 39.3 Å². The molecule has 0 aliphatic rings. The molecule has 0 saturated heterocycles. The van der Waals surface area contributed by atoms with Crippen molar-refractivity contribution in [1.82, 2.24) is 24.0 Å². The Morgan fingerprint density at radius 1 is 1.00 bits per heavy atom. The maximum atomic E-state index is 14.1. The molecule has 2 aromatic carbocycles. The van der Waals surface area contributed by atoms with Crippen LogP contribution in [0.1, 0.15) is 63.5 Å². The molecular weight excluding hydrogens is 492 g/mol. The van der Waals surface area contributed by atoms with Crippen LogP contribution in [0.4, 0.5) is 0 Å². The van der Waals surface area contributed by atoms with Gasteiger partial charge in [0.25, 0.3) is 17.4 Å². The molecule has 204 valence electrons. The average molecular weight is 529 g/mol. The lowest BCUT2D eigenvalue weighted by Crippen LogP contribution is -2.41. The standard InChI is InChI=1S/C30H36N6O3/c1-5-25(34(18-9-17-31)28(37)23-14-12-21(2)13-15-23)27-32-36-19-16-24(29(38)33(3)4)26(36)30(39)35(27)20-22-10-7-6-8-11-22/h6-8,10-16,19,25H,5,9,17-18,20,31H2,1-4H3. The van der Waals surface area contributed by atoms with Gasteiger partial charge in [-0.1, -0.05) is 55.0 Å². The third-order valence-corrected chi connectivity index (χ3v) is 6.84. The highest BCUT2D eigenvalue weighted by Crippen LogP contribution is 2.26. The second-order valence-corrected chi connectivity index (χ2v) is 9.89. The van der Waals surface area contributed by atoms with Crippen molar-refractivity contribution >= 4 is 17.3 Å². The van der Waals surface area contributed by atoms with Gasteiger partial charge in [-0.2, -0.15) is 5.10 Å². The van der Waals surface area contributed by atoms with E-state index in [9.17, 15) is 14.4 Å². The molecule has 0 saturated carbocycles. The summed E-state index contributed by atoms with van der Waals surface area (Å²) in [6, 6.07) is 18.2. The predicted molar refractivity (Wildman–Crippen MR) is 152 cm³/mol. The fraction of sp³-hybridized carbons (Fsp3) is 0.333. The Labute approximate surface area is 228 Å². The van der Waals surface area contributed by atoms with E-state index in [4.69, 9.17) is 10.8 Å². The zero-order valence-corrected chi connectivity index (χ0v) is 23.0. The molecule has 0 aliphatic heterocycles. The van der Waals surface area contributed by atoms with E-state index >= 15 is 0 Å². The maximum Gasteiger partial charge on any atom is 0.279 e. The Morgan fingerprint density at radius 2 is 1.69 bits per heavy atom. The number of aryl methyl sites for hydroxylation is 1. The monoisotopic (exact) mass is 528 g/mol. The lowest BCUT2D eigenvalue weighted by atomic mass is 10.1. The van der Waals surface area contributed by atoms with Crippen LogP contribution in [0.15, 0.2) is 71.7 Å². The summed E-state index contributed by atoms with van der Waals surface area (Å²) in [4.78, 5) is 44.0. The van der Waals surface area contributed by atoms with Gasteiger partial charge in [0.1, 0.15) is 5.52 Å². The van der Waals surface area contributed by atoms with Gasteiger partial charge in [0.05, 0.1) is 18.2 Å². The predicted octanol–water partition coefficient (Wildman–Crippen LogP) is 3.50.